The summed E-state index contributed by atoms with van der Waals surface area (Å²) in [5.74, 6) is -5.19. The molecule has 0 aromatic rings. The van der Waals surface area contributed by atoms with Crippen molar-refractivity contribution in [2.24, 2.45) is 29.4 Å². The molecule has 2 N–H and O–H groups in total. The normalized spacial score (nSPS) is 43.1. The Morgan fingerprint density at radius 2 is 1.45 bits per heavy atom. The Labute approximate surface area is 380 Å². The van der Waals surface area contributed by atoms with Gasteiger partial charge in [-0.3, -0.25) is 24.1 Å². The van der Waals surface area contributed by atoms with Crippen LogP contribution in [0.25, 0.3) is 0 Å². The molecule has 4 aliphatic rings. The van der Waals surface area contributed by atoms with Gasteiger partial charge in [0.05, 0.1) is 48.0 Å². The third kappa shape index (κ3) is 11.4. The summed E-state index contributed by atoms with van der Waals surface area (Å²) in [4.78, 5) is 71.9. The summed E-state index contributed by atoms with van der Waals surface area (Å²) in [7, 11) is 6.83. The van der Waals surface area contributed by atoms with Crippen LogP contribution in [0, 0.1) is 23.7 Å². The van der Waals surface area contributed by atoms with E-state index in [0.29, 0.717) is 6.42 Å². The number of esters is 3. The lowest BCUT2D eigenvalue weighted by Crippen LogP contribution is -2.62. The van der Waals surface area contributed by atoms with Crippen molar-refractivity contribution in [3.8, 4) is 0 Å². The van der Waals surface area contributed by atoms with E-state index in [0.717, 1.165) is 0 Å². The number of hydrogen-bond acceptors (Lipinski definition) is 17. The van der Waals surface area contributed by atoms with Gasteiger partial charge in [-0.15, -0.1) is 0 Å². The molecule has 4 fully saturated rings. The lowest BCUT2D eigenvalue weighted by molar-refractivity contribution is -0.320. The molecule has 0 aromatic heterocycles. The lowest BCUT2D eigenvalue weighted by Gasteiger charge is -2.50. The van der Waals surface area contributed by atoms with E-state index in [1.165, 1.54) is 33.0 Å². The number of Topliss-reactive ketones (excluding diaryl/α,β-unsaturated/α-hetero) is 1. The SMILES string of the molecule is CC[C@H]1OC(=O)[C@H](C)[C@@H](O[C@H]2C[C@@](C)(OC)[C@@H](OC(C)=O)[C@H](C)O2)[C@H](C)[C@@H](O[C@@H]2O[C@H](C)C[C@H](N(C)C)[C@H]2OC(C)=O)[C@](C)(OC)C[C@@H](C)C(=O)[C@H](C)[C@H]2N(C[C@@H](C)N)C(=O)O[C@]12C. The van der Waals surface area contributed by atoms with Gasteiger partial charge in [0.25, 0.3) is 0 Å². The fourth-order valence-electron chi connectivity index (χ4n) is 10.8. The maximum absolute atomic E-state index is 14.9. The number of carbonyl (C=O) groups is 5. The molecule has 4 heterocycles. The van der Waals surface area contributed by atoms with Crippen LogP contribution in [-0.4, -0.2) is 165 Å². The Bertz CT molecular complexity index is 1650. The van der Waals surface area contributed by atoms with E-state index in [1.54, 1.807) is 41.5 Å². The zero-order chi connectivity index (χ0) is 48.4. The topological polar surface area (TPSA) is 210 Å². The summed E-state index contributed by atoms with van der Waals surface area (Å²) in [6.45, 7) is 22.5. The molecule has 0 aliphatic carbocycles. The van der Waals surface area contributed by atoms with Gasteiger partial charge in [0.15, 0.2) is 30.4 Å². The molecule has 0 saturated carbocycles. The van der Waals surface area contributed by atoms with Crippen molar-refractivity contribution in [1.82, 2.24) is 9.80 Å². The molecule has 0 radical (unpaired) electrons. The molecule has 18 nitrogen and oxygen atoms in total. The molecule has 4 saturated heterocycles. The molecule has 0 aromatic carbocycles. The highest BCUT2D eigenvalue weighted by Gasteiger charge is 2.61. The van der Waals surface area contributed by atoms with E-state index in [4.69, 9.17) is 53.1 Å². The van der Waals surface area contributed by atoms with E-state index in [1.807, 2.05) is 53.6 Å². The van der Waals surface area contributed by atoms with Gasteiger partial charge in [0, 0.05) is 64.8 Å². The zero-order valence-corrected chi connectivity index (χ0v) is 41.4. The average Bonchev–Trinajstić information content (AvgIpc) is 3.46. The Morgan fingerprint density at radius 3 is 1.98 bits per heavy atom. The molecule has 0 unspecified atom stereocenters. The standard InChI is InChI=1S/C46H79N3O15/c1-18-33-46(13)38(49(22-24(3)47)43(54)64-46)26(5)35(52)23(2)20-44(11,55-16)39(63-42-37(59-30(9)50)32(48(14)15)19-25(4)57-42)27(6)36(28(7)41(53)61-33)62-34-21-45(12,56-17)40(29(8)58-34)60-31(10)51/h23-29,32-34,36-40,42H,18-22,47H2,1-17H3/t23-,24-,25-,26+,27+,28-,29+,32+,33-,34+,36+,37-,38-,39-,40+,42+,44-,45-,46-/m1/s1. The second-order valence-corrected chi connectivity index (χ2v) is 19.8. The smallest absolute Gasteiger partial charge is 0.410 e. The summed E-state index contributed by atoms with van der Waals surface area (Å²) in [6.07, 6.45) is -7.57. The maximum atomic E-state index is 14.9. The first kappa shape index (κ1) is 53.6. The number of rotatable bonds is 12. The van der Waals surface area contributed by atoms with E-state index in [-0.39, 0.29) is 43.7 Å². The van der Waals surface area contributed by atoms with Crippen molar-refractivity contribution in [1.29, 1.82) is 0 Å². The number of hydrogen-bond donors (Lipinski definition) is 1. The summed E-state index contributed by atoms with van der Waals surface area (Å²) in [5, 5.41) is 0. The number of ether oxygens (including phenoxy) is 10. The highest BCUT2D eigenvalue weighted by Crippen LogP contribution is 2.45. The number of nitrogens with zero attached hydrogens (tertiary/aromatic N) is 2. The number of amides is 1. The highest BCUT2D eigenvalue weighted by molar-refractivity contribution is 5.85. The summed E-state index contributed by atoms with van der Waals surface area (Å²) in [5.41, 5.74) is 2.43. The first-order chi connectivity index (χ1) is 29.7. The fourth-order valence-corrected chi connectivity index (χ4v) is 10.8. The maximum Gasteiger partial charge on any atom is 0.410 e. The fraction of sp³-hybridized carbons (Fsp3) is 0.891. The van der Waals surface area contributed by atoms with Crippen molar-refractivity contribution in [3.63, 3.8) is 0 Å². The number of ketones is 1. The van der Waals surface area contributed by atoms with Crippen LogP contribution in [0.5, 0.6) is 0 Å². The van der Waals surface area contributed by atoms with Crippen LogP contribution in [0.4, 0.5) is 4.79 Å². The molecule has 0 spiro atoms. The first-order valence-electron chi connectivity index (χ1n) is 22.9. The Kier molecular flexibility index (Phi) is 17.9. The van der Waals surface area contributed by atoms with Crippen LogP contribution in [0.15, 0.2) is 0 Å². The van der Waals surface area contributed by atoms with E-state index < -0.39 is 126 Å². The van der Waals surface area contributed by atoms with Crippen LogP contribution in [0.2, 0.25) is 0 Å². The number of carbonyl (C=O) groups excluding carboxylic acids is 5. The number of fused-ring (bicyclic) bond motifs is 1. The third-order valence-corrected chi connectivity index (χ3v) is 14.1. The number of likely N-dealkylation sites (N-methyl/N-ethyl adjacent to an activating group) is 1. The van der Waals surface area contributed by atoms with Gasteiger partial charge < -0.3 is 58.0 Å². The Balaban J connectivity index is 1.95. The zero-order valence-electron chi connectivity index (χ0n) is 41.4. The minimum atomic E-state index is -1.45. The molecule has 368 valence electrons. The van der Waals surface area contributed by atoms with Gasteiger partial charge in [-0.2, -0.15) is 0 Å². The molecule has 18 heteroatoms. The van der Waals surface area contributed by atoms with Gasteiger partial charge in [-0.25, -0.2) is 4.79 Å². The summed E-state index contributed by atoms with van der Waals surface area (Å²) in [6, 6.07) is -1.61. The predicted molar refractivity (Wildman–Crippen MR) is 233 cm³/mol. The van der Waals surface area contributed by atoms with Crippen molar-refractivity contribution < 1.29 is 71.3 Å². The summed E-state index contributed by atoms with van der Waals surface area (Å²) < 4.78 is 63.7. The Hall–Kier alpha value is -2.97. The van der Waals surface area contributed by atoms with Crippen LogP contribution in [0.3, 0.4) is 0 Å². The second kappa shape index (κ2) is 21.3. The van der Waals surface area contributed by atoms with E-state index >= 15 is 0 Å². The van der Waals surface area contributed by atoms with Crippen LogP contribution < -0.4 is 5.73 Å². The van der Waals surface area contributed by atoms with Crippen molar-refractivity contribution in [2.75, 3.05) is 34.9 Å². The minimum Gasteiger partial charge on any atom is -0.458 e. The van der Waals surface area contributed by atoms with E-state index in [9.17, 15) is 24.0 Å². The second-order valence-electron chi connectivity index (χ2n) is 19.8. The van der Waals surface area contributed by atoms with Gasteiger partial charge >= 0.3 is 24.0 Å². The monoisotopic (exact) mass is 914 g/mol. The van der Waals surface area contributed by atoms with Crippen LogP contribution >= 0.6 is 0 Å². The van der Waals surface area contributed by atoms with Crippen molar-refractivity contribution in [3.05, 3.63) is 0 Å². The van der Waals surface area contributed by atoms with Gasteiger partial charge in [0.2, 0.25) is 0 Å². The van der Waals surface area contributed by atoms with Gasteiger partial charge in [-0.1, -0.05) is 27.7 Å². The van der Waals surface area contributed by atoms with Gasteiger partial charge in [-0.05, 0) is 81.8 Å². The van der Waals surface area contributed by atoms with Crippen molar-refractivity contribution >= 4 is 29.8 Å². The summed E-state index contributed by atoms with van der Waals surface area (Å²) >= 11 is 0. The molecule has 4 rings (SSSR count). The molecular weight excluding hydrogens is 835 g/mol. The van der Waals surface area contributed by atoms with Crippen LogP contribution in [0.1, 0.15) is 116 Å². The lowest BCUT2D eigenvalue weighted by atomic mass is 9.73. The van der Waals surface area contributed by atoms with Crippen molar-refractivity contribution in [2.45, 2.75) is 206 Å². The molecule has 1 amide bonds. The molecular formula is C46H79N3O15. The van der Waals surface area contributed by atoms with E-state index in [2.05, 4.69) is 0 Å². The quantitative estimate of drug-likeness (QED) is 0.213. The first-order valence-corrected chi connectivity index (χ1v) is 22.9. The molecule has 0 bridgehead atoms. The number of methoxy groups -OCH3 is 2. The number of nitrogens with two attached hydrogens (primary N) is 1. The molecule has 19 atom stereocenters. The molecule has 64 heavy (non-hydrogen) atoms. The van der Waals surface area contributed by atoms with Gasteiger partial charge in [0.1, 0.15) is 17.5 Å². The predicted octanol–water partition coefficient (Wildman–Crippen LogP) is 4.40. The largest absolute Gasteiger partial charge is 0.458 e. The molecule has 4 aliphatic heterocycles. The van der Waals surface area contributed by atoms with Crippen LogP contribution in [-0.2, 0) is 66.5 Å². The number of cyclic esters (lactones) is 1. The minimum absolute atomic E-state index is 0.0955. The average molecular weight is 914 g/mol. The highest BCUT2D eigenvalue weighted by atomic mass is 16.7. The third-order valence-electron chi connectivity index (χ3n) is 14.1. The Morgan fingerprint density at radius 1 is 0.859 bits per heavy atom.